The lowest BCUT2D eigenvalue weighted by Crippen LogP contribution is -2.10. The van der Waals surface area contributed by atoms with Gasteiger partial charge in [0, 0.05) is 22.6 Å². The highest BCUT2D eigenvalue weighted by Gasteiger charge is 2.11. The van der Waals surface area contributed by atoms with Gasteiger partial charge in [0.15, 0.2) is 0 Å². The Kier molecular flexibility index (Phi) is 5.04. The van der Waals surface area contributed by atoms with Crippen LogP contribution in [-0.4, -0.2) is 20.9 Å². The van der Waals surface area contributed by atoms with E-state index in [2.05, 4.69) is 11.9 Å². The standard InChI is InChI=1S/C16H17BF2N2O/c1-10(21-13-5-2-11(17)3-6-13)14-8-12(20)4-7-15(14)22-9-16(18)19/h2-8,16,21H,1,9,17,20H2. The Labute approximate surface area is 129 Å². The first-order valence-electron chi connectivity index (χ1n) is 6.79. The van der Waals surface area contributed by atoms with Crippen LogP contribution in [0, 0.1) is 0 Å². The Morgan fingerprint density at radius 1 is 1.23 bits per heavy atom. The monoisotopic (exact) mass is 302 g/mol. The minimum Gasteiger partial charge on any atom is -0.487 e. The Bertz CT molecular complexity index is 660. The maximum absolute atomic E-state index is 12.3. The zero-order valence-corrected chi connectivity index (χ0v) is 12.3. The molecule has 0 bridgehead atoms. The molecule has 0 fully saturated rings. The second-order valence-electron chi connectivity index (χ2n) is 4.93. The molecule has 2 rings (SSSR count). The minimum absolute atomic E-state index is 0.319. The predicted molar refractivity (Wildman–Crippen MR) is 89.6 cm³/mol. The zero-order valence-electron chi connectivity index (χ0n) is 12.3. The number of anilines is 2. The molecule has 0 aliphatic heterocycles. The molecular formula is C16H17BF2N2O. The van der Waals surface area contributed by atoms with E-state index >= 15 is 0 Å². The predicted octanol–water partition coefficient (Wildman–Crippen LogP) is 2.25. The van der Waals surface area contributed by atoms with Crippen molar-refractivity contribution in [3.8, 4) is 5.75 Å². The lowest BCUT2D eigenvalue weighted by molar-refractivity contribution is 0.0818. The molecule has 0 aliphatic carbocycles. The molecule has 0 spiro atoms. The smallest absolute Gasteiger partial charge is 0.272 e. The molecule has 0 atom stereocenters. The first-order chi connectivity index (χ1) is 10.5. The van der Waals surface area contributed by atoms with Gasteiger partial charge < -0.3 is 15.8 Å². The van der Waals surface area contributed by atoms with E-state index in [4.69, 9.17) is 10.5 Å². The number of hydrogen-bond donors (Lipinski definition) is 2. The Hall–Kier alpha value is -2.50. The molecule has 2 aromatic rings. The van der Waals surface area contributed by atoms with Gasteiger partial charge in [-0.05, 0) is 30.3 Å². The highest BCUT2D eigenvalue weighted by Crippen LogP contribution is 2.28. The lowest BCUT2D eigenvalue weighted by Gasteiger charge is -2.15. The molecule has 0 unspecified atom stereocenters. The van der Waals surface area contributed by atoms with Crippen LogP contribution in [0.25, 0.3) is 5.70 Å². The van der Waals surface area contributed by atoms with E-state index in [0.29, 0.717) is 22.7 Å². The molecule has 114 valence electrons. The molecule has 3 nitrogen and oxygen atoms in total. The van der Waals surface area contributed by atoms with Crippen molar-refractivity contribution < 1.29 is 13.5 Å². The molecule has 0 aromatic heterocycles. The largest absolute Gasteiger partial charge is 0.487 e. The third-order valence-electron chi connectivity index (χ3n) is 3.04. The molecule has 0 amide bonds. The molecule has 0 saturated heterocycles. The van der Waals surface area contributed by atoms with E-state index < -0.39 is 13.0 Å². The van der Waals surface area contributed by atoms with Crippen LogP contribution in [-0.2, 0) is 0 Å². The number of ether oxygens (including phenoxy) is 1. The molecule has 0 saturated carbocycles. The Morgan fingerprint density at radius 2 is 1.91 bits per heavy atom. The first-order valence-corrected chi connectivity index (χ1v) is 6.79. The van der Waals surface area contributed by atoms with E-state index in [1.807, 2.05) is 32.1 Å². The van der Waals surface area contributed by atoms with Crippen molar-refractivity contribution in [1.29, 1.82) is 0 Å². The van der Waals surface area contributed by atoms with Crippen molar-refractivity contribution in [3.63, 3.8) is 0 Å². The fourth-order valence-corrected chi connectivity index (χ4v) is 1.94. The Balaban J connectivity index is 2.20. The van der Waals surface area contributed by atoms with Gasteiger partial charge in [-0.15, -0.1) is 0 Å². The summed E-state index contributed by atoms with van der Waals surface area (Å²) in [5, 5.41) is 3.12. The van der Waals surface area contributed by atoms with E-state index in [9.17, 15) is 8.78 Å². The molecule has 6 heteroatoms. The third kappa shape index (κ3) is 4.25. The minimum atomic E-state index is -2.54. The summed E-state index contributed by atoms with van der Waals surface area (Å²) in [6, 6.07) is 12.5. The SMILES string of the molecule is Bc1ccc(NC(=C)c2cc(N)ccc2OCC(F)F)cc1. The molecular weight excluding hydrogens is 285 g/mol. The van der Waals surface area contributed by atoms with Gasteiger partial charge in [-0.3, -0.25) is 0 Å². The van der Waals surface area contributed by atoms with Gasteiger partial charge >= 0.3 is 0 Å². The summed E-state index contributed by atoms with van der Waals surface area (Å²) in [7, 11) is 1.99. The summed E-state index contributed by atoms with van der Waals surface area (Å²) in [5.74, 6) is 0.319. The van der Waals surface area contributed by atoms with Crippen LogP contribution in [0.15, 0.2) is 49.0 Å². The van der Waals surface area contributed by atoms with Gasteiger partial charge in [0.2, 0.25) is 0 Å². The van der Waals surface area contributed by atoms with Gasteiger partial charge in [-0.2, -0.15) is 0 Å². The van der Waals surface area contributed by atoms with Gasteiger partial charge in [0.25, 0.3) is 6.43 Å². The van der Waals surface area contributed by atoms with Crippen molar-refractivity contribution in [3.05, 3.63) is 54.6 Å². The first kappa shape index (κ1) is 15.9. The van der Waals surface area contributed by atoms with Crippen LogP contribution in [0.5, 0.6) is 5.75 Å². The second-order valence-corrected chi connectivity index (χ2v) is 4.93. The van der Waals surface area contributed by atoms with Crippen LogP contribution < -0.4 is 21.3 Å². The summed E-state index contributed by atoms with van der Waals surface area (Å²) in [6.45, 7) is 3.27. The van der Waals surface area contributed by atoms with Gasteiger partial charge in [-0.1, -0.05) is 24.2 Å². The number of hydrogen-bond acceptors (Lipinski definition) is 3. The van der Waals surface area contributed by atoms with E-state index in [1.165, 1.54) is 0 Å². The summed E-state index contributed by atoms with van der Waals surface area (Å²) in [5.41, 5.74) is 9.34. The van der Waals surface area contributed by atoms with E-state index in [1.54, 1.807) is 18.2 Å². The Morgan fingerprint density at radius 3 is 2.55 bits per heavy atom. The fourth-order valence-electron chi connectivity index (χ4n) is 1.94. The summed E-state index contributed by atoms with van der Waals surface area (Å²) < 4.78 is 29.8. The van der Waals surface area contributed by atoms with Crippen molar-refractivity contribution >= 4 is 30.4 Å². The number of nitrogen functional groups attached to an aromatic ring is 1. The topological polar surface area (TPSA) is 47.3 Å². The number of nitrogens with one attached hydrogen (secondary N) is 1. The highest BCUT2D eigenvalue weighted by molar-refractivity contribution is 6.32. The average molecular weight is 302 g/mol. The highest BCUT2D eigenvalue weighted by atomic mass is 19.3. The van der Waals surface area contributed by atoms with Crippen molar-refractivity contribution in [1.82, 2.24) is 0 Å². The quantitative estimate of drug-likeness (QED) is 0.635. The normalized spacial score (nSPS) is 10.5. The van der Waals surface area contributed by atoms with Crippen LogP contribution in [0.4, 0.5) is 20.2 Å². The third-order valence-corrected chi connectivity index (χ3v) is 3.04. The molecule has 2 aromatic carbocycles. The average Bonchev–Trinajstić information content (AvgIpc) is 2.48. The van der Waals surface area contributed by atoms with Crippen LogP contribution in [0.3, 0.4) is 0 Å². The summed E-state index contributed by atoms with van der Waals surface area (Å²) in [6.07, 6.45) is -2.54. The van der Waals surface area contributed by atoms with Crippen molar-refractivity contribution in [2.24, 2.45) is 0 Å². The number of nitrogens with two attached hydrogens (primary N) is 1. The lowest BCUT2D eigenvalue weighted by atomic mass is 9.96. The molecule has 0 heterocycles. The van der Waals surface area contributed by atoms with Gasteiger partial charge in [0.1, 0.15) is 20.2 Å². The number of halogens is 2. The fraction of sp³-hybridized carbons (Fsp3) is 0.125. The molecule has 22 heavy (non-hydrogen) atoms. The molecule has 3 N–H and O–H groups in total. The summed E-state index contributed by atoms with van der Waals surface area (Å²) in [4.78, 5) is 0. The zero-order chi connectivity index (χ0) is 16.1. The van der Waals surface area contributed by atoms with E-state index in [0.717, 1.165) is 11.2 Å². The maximum atomic E-state index is 12.3. The van der Waals surface area contributed by atoms with E-state index in [-0.39, 0.29) is 0 Å². The summed E-state index contributed by atoms with van der Waals surface area (Å²) >= 11 is 0. The van der Waals surface area contributed by atoms with Crippen molar-refractivity contribution in [2.75, 3.05) is 17.7 Å². The van der Waals surface area contributed by atoms with Gasteiger partial charge in [0.05, 0.1) is 0 Å². The molecule has 0 aliphatic rings. The number of alkyl halides is 2. The maximum Gasteiger partial charge on any atom is 0.272 e. The number of rotatable bonds is 6. The number of benzene rings is 2. The van der Waals surface area contributed by atoms with Crippen LogP contribution >= 0.6 is 0 Å². The van der Waals surface area contributed by atoms with Crippen molar-refractivity contribution in [2.45, 2.75) is 6.43 Å². The molecule has 0 radical (unpaired) electrons. The second kappa shape index (κ2) is 6.98. The van der Waals surface area contributed by atoms with Crippen LogP contribution in [0.2, 0.25) is 0 Å². The van der Waals surface area contributed by atoms with Gasteiger partial charge in [-0.25, -0.2) is 8.78 Å². The van der Waals surface area contributed by atoms with Crippen LogP contribution in [0.1, 0.15) is 5.56 Å².